The molecule has 0 bridgehead atoms. The van der Waals surface area contributed by atoms with Crippen molar-refractivity contribution in [2.75, 3.05) is 5.32 Å². The van der Waals surface area contributed by atoms with E-state index in [1.54, 1.807) is 0 Å². The first-order chi connectivity index (χ1) is 9.49. The van der Waals surface area contributed by atoms with Crippen LogP contribution in [0.1, 0.15) is 15.9 Å². The van der Waals surface area contributed by atoms with E-state index in [4.69, 9.17) is 16.9 Å². The van der Waals surface area contributed by atoms with E-state index in [1.165, 1.54) is 30.3 Å². The number of amides is 1. The van der Waals surface area contributed by atoms with E-state index in [2.05, 4.69) is 21.2 Å². The molecule has 0 aromatic heterocycles. The standard InChI is InChI=1S/C14H7BrClFN2O/c15-10-4-9(5-11(17)6-10)14(20)19-13-3-8(7-18)1-2-12(13)16/h1-6H,(H,19,20). The minimum atomic E-state index is -0.526. The molecule has 0 aliphatic carbocycles. The van der Waals surface area contributed by atoms with Gasteiger partial charge in [0.05, 0.1) is 22.3 Å². The van der Waals surface area contributed by atoms with E-state index in [9.17, 15) is 9.18 Å². The lowest BCUT2D eigenvalue weighted by atomic mass is 10.2. The highest BCUT2D eigenvalue weighted by Gasteiger charge is 2.11. The molecule has 3 nitrogen and oxygen atoms in total. The number of nitrogens with one attached hydrogen (secondary N) is 1. The average Bonchev–Trinajstić information content (AvgIpc) is 2.40. The van der Waals surface area contributed by atoms with Crippen LogP contribution in [0.3, 0.4) is 0 Å². The zero-order valence-electron chi connectivity index (χ0n) is 9.95. The Morgan fingerprint density at radius 1 is 1.30 bits per heavy atom. The van der Waals surface area contributed by atoms with Crippen molar-refractivity contribution in [3.05, 3.63) is 62.8 Å². The quantitative estimate of drug-likeness (QED) is 0.872. The third kappa shape index (κ3) is 3.35. The molecule has 0 heterocycles. The molecule has 0 saturated heterocycles. The number of benzene rings is 2. The maximum atomic E-state index is 13.2. The monoisotopic (exact) mass is 352 g/mol. The molecule has 1 amide bonds. The van der Waals surface area contributed by atoms with Crippen molar-refractivity contribution in [1.82, 2.24) is 0 Å². The van der Waals surface area contributed by atoms with E-state index < -0.39 is 11.7 Å². The second-order valence-electron chi connectivity index (χ2n) is 3.92. The number of hydrogen-bond donors (Lipinski definition) is 1. The van der Waals surface area contributed by atoms with Gasteiger partial charge in [-0.15, -0.1) is 0 Å². The molecule has 2 aromatic rings. The van der Waals surface area contributed by atoms with Gasteiger partial charge in [0.1, 0.15) is 5.82 Å². The SMILES string of the molecule is N#Cc1ccc(Cl)c(NC(=O)c2cc(F)cc(Br)c2)c1. The molecular weight excluding hydrogens is 347 g/mol. The summed E-state index contributed by atoms with van der Waals surface area (Å²) < 4.78 is 13.7. The predicted molar refractivity (Wildman–Crippen MR) is 78.2 cm³/mol. The van der Waals surface area contributed by atoms with Gasteiger partial charge in [0.15, 0.2) is 0 Å². The molecule has 0 fully saturated rings. The van der Waals surface area contributed by atoms with E-state index in [1.807, 2.05) is 6.07 Å². The first-order valence-electron chi connectivity index (χ1n) is 5.46. The normalized spacial score (nSPS) is 9.90. The van der Waals surface area contributed by atoms with Crippen molar-refractivity contribution in [2.45, 2.75) is 0 Å². The fourth-order valence-electron chi connectivity index (χ4n) is 1.57. The van der Waals surface area contributed by atoms with Crippen LogP contribution in [-0.2, 0) is 0 Å². The highest BCUT2D eigenvalue weighted by molar-refractivity contribution is 9.10. The molecule has 0 spiro atoms. The first-order valence-corrected chi connectivity index (χ1v) is 6.64. The Labute approximate surface area is 128 Å². The van der Waals surface area contributed by atoms with Gasteiger partial charge in [-0.2, -0.15) is 5.26 Å². The Balaban J connectivity index is 2.30. The minimum absolute atomic E-state index is 0.148. The maximum absolute atomic E-state index is 13.2. The van der Waals surface area contributed by atoms with E-state index in [-0.39, 0.29) is 5.56 Å². The molecule has 2 rings (SSSR count). The minimum Gasteiger partial charge on any atom is -0.321 e. The molecule has 0 aliphatic rings. The Morgan fingerprint density at radius 3 is 2.70 bits per heavy atom. The summed E-state index contributed by atoms with van der Waals surface area (Å²) in [5, 5.41) is 11.7. The summed E-state index contributed by atoms with van der Waals surface area (Å²) in [6.45, 7) is 0. The Bertz CT molecular complexity index is 707. The second kappa shape index (κ2) is 6.04. The van der Waals surface area contributed by atoms with Crippen LogP contribution in [-0.4, -0.2) is 5.91 Å². The van der Waals surface area contributed by atoms with Crippen molar-refractivity contribution >= 4 is 39.1 Å². The Hall–Kier alpha value is -1.90. The van der Waals surface area contributed by atoms with E-state index in [0.29, 0.717) is 20.7 Å². The Morgan fingerprint density at radius 2 is 2.05 bits per heavy atom. The van der Waals surface area contributed by atoms with Gasteiger partial charge in [0, 0.05) is 10.0 Å². The molecular formula is C14H7BrClFN2O. The van der Waals surface area contributed by atoms with Crippen molar-refractivity contribution in [1.29, 1.82) is 5.26 Å². The molecule has 6 heteroatoms. The van der Waals surface area contributed by atoms with Gasteiger partial charge in [-0.25, -0.2) is 4.39 Å². The second-order valence-corrected chi connectivity index (χ2v) is 5.24. The molecule has 1 N–H and O–H groups in total. The predicted octanol–water partition coefficient (Wildman–Crippen LogP) is 4.37. The van der Waals surface area contributed by atoms with E-state index in [0.717, 1.165) is 6.07 Å². The topological polar surface area (TPSA) is 52.9 Å². The largest absolute Gasteiger partial charge is 0.321 e. The molecule has 0 atom stereocenters. The molecule has 0 saturated carbocycles. The molecule has 20 heavy (non-hydrogen) atoms. The maximum Gasteiger partial charge on any atom is 0.255 e. The van der Waals surface area contributed by atoms with Crippen LogP contribution >= 0.6 is 27.5 Å². The third-order valence-electron chi connectivity index (χ3n) is 2.47. The molecule has 0 aliphatic heterocycles. The highest BCUT2D eigenvalue weighted by atomic mass is 79.9. The summed E-state index contributed by atoms with van der Waals surface area (Å²) in [6.07, 6.45) is 0. The van der Waals surface area contributed by atoms with Crippen LogP contribution in [0.4, 0.5) is 10.1 Å². The third-order valence-corrected chi connectivity index (χ3v) is 3.26. The molecule has 100 valence electrons. The summed E-state index contributed by atoms with van der Waals surface area (Å²) in [4.78, 5) is 12.0. The summed E-state index contributed by atoms with van der Waals surface area (Å²) in [6, 6.07) is 10.3. The molecule has 0 radical (unpaired) electrons. The van der Waals surface area contributed by atoms with Crippen LogP contribution in [0, 0.1) is 17.1 Å². The lowest BCUT2D eigenvalue weighted by molar-refractivity contribution is 0.102. The van der Waals surface area contributed by atoms with Gasteiger partial charge in [-0.05, 0) is 36.4 Å². The summed E-state index contributed by atoms with van der Waals surface area (Å²) in [7, 11) is 0. The van der Waals surface area contributed by atoms with Crippen LogP contribution in [0.2, 0.25) is 5.02 Å². The van der Waals surface area contributed by atoms with Crippen LogP contribution < -0.4 is 5.32 Å². The lowest BCUT2D eigenvalue weighted by Crippen LogP contribution is -2.12. The number of nitriles is 1. The smallest absolute Gasteiger partial charge is 0.255 e. The number of hydrogen-bond acceptors (Lipinski definition) is 2. The number of halogens is 3. The fraction of sp³-hybridized carbons (Fsp3) is 0. The van der Waals surface area contributed by atoms with Gasteiger partial charge >= 0.3 is 0 Å². The number of rotatable bonds is 2. The summed E-state index contributed by atoms with van der Waals surface area (Å²) in [5.41, 5.74) is 0.816. The number of anilines is 1. The zero-order chi connectivity index (χ0) is 14.7. The average molecular weight is 354 g/mol. The van der Waals surface area contributed by atoms with Gasteiger partial charge < -0.3 is 5.32 Å². The van der Waals surface area contributed by atoms with E-state index >= 15 is 0 Å². The van der Waals surface area contributed by atoms with Crippen molar-refractivity contribution < 1.29 is 9.18 Å². The first kappa shape index (κ1) is 14.5. The van der Waals surface area contributed by atoms with Crippen molar-refractivity contribution in [2.24, 2.45) is 0 Å². The van der Waals surface area contributed by atoms with Crippen LogP contribution in [0.15, 0.2) is 40.9 Å². The van der Waals surface area contributed by atoms with Gasteiger partial charge in [-0.3, -0.25) is 4.79 Å². The van der Waals surface area contributed by atoms with Crippen molar-refractivity contribution in [3.8, 4) is 6.07 Å². The van der Waals surface area contributed by atoms with Gasteiger partial charge in [0.2, 0.25) is 0 Å². The van der Waals surface area contributed by atoms with Crippen molar-refractivity contribution in [3.63, 3.8) is 0 Å². The zero-order valence-corrected chi connectivity index (χ0v) is 12.3. The Kier molecular flexibility index (Phi) is 4.38. The van der Waals surface area contributed by atoms with Gasteiger partial charge in [0.25, 0.3) is 5.91 Å². The molecule has 0 unspecified atom stereocenters. The summed E-state index contributed by atoms with van der Waals surface area (Å²) >= 11 is 9.05. The van der Waals surface area contributed by atoms with Crippen LogP contribution in [0.25, 0.3) is 0 Å². The fourth-order valence-corrected chi connectivity index (χ4v) is 2.20. The lowest BCUT2D eigenvalue weighted by Gasteiger charge is -2.08. The van der Waals surface area contributed by atoms with Gasteiger partial charge in [-0.1, -0.05) is 27.5 Å². The summed E-state index contributed by atoms with van der Waals surface area (Å²) in [5.74, 6) is -1.04. The highest BCUT2D eigenvalue weighted by Crippen LogP contribution is 2.24. The van der Waals surface area contributed by atoms with Crippen LogP contribution in [0.5, 0.6) is 0 Å². The number of carbonyl (C=O) groups excluding carboxylic acids is 1. The number of nitrogens with zero attached hydrogens (tertiary/aromatic N) is 1. The number of carbonyl (C=O) groups is 1. The molecule has 2 aromatic carbocycles.